The predicted molar refractivity (Wildman–Crippen MR) is 107 cm³/mol. The fourth-order valence-corrected chi connectivity index (χ4v) is 4.02. The van der Waals surface area contributed by atoms with E-state index in [-0.39, 0.29) is 11.0 Å². The topological polar surface area (TPSA) is 41.1 Å². The van der Waals surface area contributed by atoms with Gasteiger partial charge in [-0.25, -0.2) is 0 Å². The first kappa shape index (κ1) is 17.5. The minimum atomic E-state index is -0.378. The van der Waals surface area contributed by atoms with Gasteiger partial charge in [-0.2, -0.15) is 0 Å². The molecule has 0 atom stereocenters. The fraction of sp³-hybridized carbons (Fsp3) is 0. The highest BCUT2D eigenvalue weighted by Gasteiger charge is 2.18. The zero-order valence-electron chi connectivity index (χ0n) is 11.9. The molecule has 0 fully saturated rings. The predicted octanol–water partition coefficient (Wildman–Crippen LogP) is 5.99. The number of benzene rings is 2. The fourth-order valence-electron chi connectivity index (χ4n) is 2.07. The van der Waals surface area contributed by atoms with E-state index < -0.39 is 0 Å². The molecule has 3 rings (SSSR count). The first-order valence-corrected chi connectivity index (χ1v) is 9.06. The Kier molecular flexibility index (Phi) is 5.27. The molecule has 2 N–H and O–H groups in total. The van der Waals surface area contributed by atoms with Crippen LogP contribution in [0.3, 0.4) is 0 Å². The van der Waals surface area contributed by atoms with E-state index in [1.807, 2.05) is 24.3 Å². The number of hydrogen-bond acceptors (Lipinski definition) is 3. The van der Waals surface area contributed by atoms with Crippen molar-refractivity contribution >= 4 is 85.2 Å². The lowest BCUT2D eigenvalue weighted by molar-refractivity contribution is 0.0982. The second-order valence-electron chi connectivity index (χ2n) is 4.77. The molecule has 3 nitrogen and oxygen atoms in total. The number of halogens is 3. The van der Waals surface area contributed by atoms with E-state index in [1.54, 1.807) is 18.2 Å². The zero-order valence-corrected chi connectivity index (χ0v) is 15.8. The summed E-state index contributed by atoms with van der Waals surface area (Å²) in [6.07, 6.45) is 0. The van der Waals surface area contributed by atoms with Crippen LogP contribution in [0.25, 0.3) is 10.1 Å². The summed E-state index contributed by atoms with van der Waals surface area (Å²) in [4.78, 5) is 12.8. The van der Waals surface area contributed by atoms with Crippen molar-refractivity contribution in [3.05, 3.63) is 62.4 Å². The average molecular weight is 416 g/mol. The molecule has 0 spiro atoms. The molecule has 0 radical (unpaired) electrons. The maximum absolute atomic E-state index is 12.4. The highest BCUT2D eigenvalue weighted by atomic mass is 35.5. The van der Waals surface area contributed by atoms with Crippen molar-refractivity contribution in [2.75, 3.05) is 5.32 Å². The highest BCUT2D eigenvalue weighted by molar-refractivity contribution is 7.80. The van der Waals surface area contributed by atoms with Gasteiger partial charge in [0.25, 0.3) is 5.91 Å². The third-order valence-electron chi connectivity index (χ3n) is 3.14. The molecular formula is C16H9Cl3N2OS2. The van der Waals surface area contributed by atoms with Crippen LogP contribution in [0.15, 0.2) is 42.5 Å². The van der Waals surface area contributed by atoms with Gasteiger partial charge in [-0.05, 0) is 36.5 Å². The third-order valence-corrected chi connectivity index (χ3v) is 5.59. The molecule has 1 heterocycles. The Balaban J connectivity index is 1.77. The number of nitrogens with one attached hydrogen (secondary N) is 2. The molecule has 0 aliphatic heterocycles. The number of rotatable bonds is 2. The Morgan fingerprint density at radius 3 is 2.58 bits per heavy atom. The molecule has 1 aromatic heterocycles. The Labute approximate surface area is 162 Å². The van der Waals surface area contributed by atoms with Crippen LogP contribution in [0.5, 0.6) is 0 Å². The highest BCUT2D eigenvalue weighted by Crippen LogP contribution is 2.35. The number of anilines is 1. The Morgan fingerprint density at radius 1 is 1.08 bits per heavy atom. The molecule has 1 amide bonds. The lowest BCUT2D eigenvalue weighted by Crippen LogP contribution is -2.33. The SMILES string of the molecule is O=C(NC(=S)Nc1cc(Cl)ccc1Cl)c1sc2ccccc2c1Cl. The molecule has 24 heavy (non-hydrogen) atoms. The lowest BCUT2D eigenvalue weighted by Gasteiger charge is -2.10. The van der Waals surface area contributed by atoms with Gasteiger partial charge in [-0.3, -0.25) is 10.1 Å². The summed E-state index contributed by atoms with van der Waals surface area (Å²) in [5.74, 6) is -0.378. The number of hydrogen-bond donors (Lipinski definition) is 2. The molecule has 0 aliphatic carbocycles. The van der Waals surface area contributed by atoms with E-state index in [9.17, 15) is 4.79 Å². The number of carbonyl (C=O) groups excluding carboxylic acids is 1. The van der Waals surface area contributed by atoms with Gasteiger partial charge in [-0.1, -0.05) is 53.0 Å². The lowest BCUT2D eigenvalue weighted by atomic mass is 10.2. The molecule has 8 heteroatoms. The number of thiophene rings is 1. The summed E-state index contributed by atoms with van der Waals surface area (Å²) in [6, 6.07) is 12.5. The third kappa shape index (κ3) is 3.66. The van der Waals surface area contributed by atoms with E-state index in [0.717, 1.165) is 10.1 Å². The van der Waals surface area contributed by atoms with Crippen molar-refractivity contribution in [3.8, 4) is 0 Å². The second-order valence-corrected chi connectivity index (χ2v) is 7.46. The summed E-state index contributed by atoms with van der Waals surface area (Å²) in [6.45, 7) is 0. The van der Waals surface area contributed by atoms with E-state index in [1.165, 1.54) is 11.3 Å². The van der Waals surface area contributed by atoms with Gasteiger partial charge in [-0.15, -0.1) is 11.3 Å². The quantitative estimate of drug-likeness (QED) is 0.505. The second kappa shape index (κ2) is 7.25. The van der Waals surface area contributed by atoms with Crippen LogP contribution >= 0.6 is 58.4 Å². The van der Waals surface area contributed by atoms with Gasteiger partial charge in [0.2, 0.25) is 0 Å². The van der Waals surface area contributed by atoms with Crippen molar-refractivity contribution < 1.29 is 4.79 Å². The summed E-state index contributed by atoms with van der Waals surface area (Å²) >= 11 is 24.7. The largest absolute Gasteiger partial charge is 0.331 e. The van der Waals surface area contributed by atoms with Gasteiger partial charge < -0.3 is 5.32 Å². The Bertz CT molecular complexity index is 956. The molecular weight excluding hydrogens is 407 g/mol. The van der Waals surface area contributed by atoms with Gasteiger partial charge in [0.05, 0.1) is 15.7 Å². The number of amides is 1. The Morgan fingerprint density at radius 2 is 1.83 bits per heavy atom. The van der Waals surface area contributed by atoms with Crippen LogP contribution in [0, 0.1) is 0 Å². The minimum absolute atomic E-state index is 0.109. The number of carbonyl (C=O) groups is 1. The first-order valence-electron chi connectivity index (χ1n) is 6.70. The molecule has 0 bridgehead atoms. The average Bonchev–Trinajstić information content (AvgIpc) is 2.88. The van der Waals surface area contributed by atoms with Gasteiger partial charge in [0.1, 0.15) is 4.88 Å². The van der Waals surface area contributed by atoms with Crippen LogP contribution in [0.4, 0.5) is 5.69 Å². The van der Waals surface area contributed by atoms with Crippen LogP contribution in [0.2, 0.25) is 15.1 Å². The summed E-state index contributed by atoms with van der Waals surface area (Å²) in [5, 5.41) is 7.75. The van der Waals surface area contributed by atoms with Crippen molar-refractivity contribution in [2.45, 2.75) is 0 Å². The first-order chi connectivity index (χ1) is 11.5. The molecule has 0 saturated carbocycles. The summed E-state index contributed by atoms with van der Waals surface area (Å²) < 4.78 is 0.935. The molecule has 0 unspecified atom stereocenters. The van der Waals surface area contributed by atoms with Gasteiger partial charge in [0.15, 0.2) is 5.11 Å². The van der Waals surface area contributed by atoms with E-state index >= 15 is 0 Å². The number of thiocarbonyl (C=S) groups is 1. The standard InChI is InChI=1S/C16H9Cl3N2OS2/c17-8-5-6-10(18)11(7-8)20-16(23)21-15(22)14-13(19)9-3-1-2-4-12(9)24-14/h1-7H,(H2,20,21,22,23). The van der Waals surface area contributed by atoms with Gasteiger partial charge >= 0.3 is 0 Å². The normalized spacial score (nSPS) is 10.6. The van der Waals surface area contributed by atoms with Crippen molar-refractivity contribution in [1.29, 1.82) is 0 Å². The van der Waals surface area contributed by atoms with Crippen LogP contribution in [-0.4, -0.2) is 11.0 Å². The van der Waals surface area contributed by atoms with E-state index in [4.69, 9.17) is 47.0 Å². The monoisotopic (exact) mass is 414 g/mol. The Hall–Kier alpha value is -1.37. The van der Waals surface area contributed by atoms with Crippen molar-refractivity contribution in [2.24, 2.45) is 0 Å². The number of fused-ring (bicyclic) bond motifs is 1. The molecule has 3 aromatic rings. The maximum atomic E-state index is 12.4. The summed E-state index contributed by atoms with van der Waals surface area (Å²) in [7, 11) is 0. The molecule has 122 valence electrons. The van der Waals surface area contributed by atoms with E-state index in [0.29, 0.717) is 25.6 Å². The van der Waals surface area contributed by atoms with Crippen molar-refractivity contribution in [1.82, 2.24) is 5.32 Å². The van der Waals surface area contributed by atoms with E-state index in [2.05, 4.69) is 10.6 Å². The smallest absolute Gasteiger partial charge is 0.269 e. The molecule has 2 aromatic carbocycles. The van der Waals surface area contributed by atoms with Crippen molar-refractivity contribution in [3.63, 3.8) is 0 Å². The van der Waals surface area contributed by atoms with Crippen LogP contribution in [0.1, 0.15) is 9.67 Å². The summed E-state index contributed by atoms with van der Waals surface area (Å²) in [5.41, 5.74) is 0.511. The van der Waals surface area contributed by atoms with Crippen LogP contribution in [-0.2, 0) is 0 Å². The zero-order chi connectivity index (χ0) is 17.3. The molecule has 0 aliphatic rings. The van der Waals surface area contributed by atoms with Gasteiger partial charge in [0, 0.05) is 15.1 Å². The maximum Gasteiger partial charge on any atom is 0.269 e. The van der Waals surface area contributed by atoms with Crippen LogP contribution < -0.4 is 10.6 Å². The minimum Gasteiger partial charge on any atom is -0.331 e. The molecule has 0 saturated heterocycles.